The van der Waals surface area contributed by atoms with Crippen LogP contribution in [0.3, 0.4) is 0 Å². The van der Waals surface area contributed by atoms with Crippen molar-refractivity contribution in [1.82, 2.24) is 10.2 Å². The van der Waals surface area contributed by atoms with E-state index in [1.807, 2.05) is 29.2 Å². The first-order chi connectivity index (χ1) is 8.69. The predicted octanol–water partition coefficient (Wildman–Crippen LogP) is 2.27. The summed E-state index contributed by atoms with van der Waals surface area (Å²) in [4.78, 5) is 14.3. The molecule has 1 spiro atoms. The van der Waals surface area contributed by atoms with E-state index in [-0.39, 0.29) is 5.91 Å². The fraction of sp³-hybridized carbons (Fsp3) is 0.500. The lowest BCUT2D eigenvalue weighted by Crippen LogP contribution is -2.63. The van der Waals surface area contributed by atoms with Crippen molar-refractivity contribution >= 4 is 21.8 Å². The van der Waals surface area contributed by atoms with E-state index >= 15 is 0 Å². The molecule has 1 amide bonds. The fourth-order valence-electron chi connectivity index (χ4n) is 3.01. The van der Waals surface area contributed by atoms with Crippen LogP contribution in [0, 0.1) is 5.41 Å². The summed E-state index contributed by atoms with van der Waals surface area (Å²) in [6, 6.07) is 7.64. The Labute approximate surface area is 116 Å². The Morgan fingerprint density at radius 1 is 1.39 bits per heavy atom. The van der Waals surface area contributed by atoms with Gasteiger partial charge in [0.1, 0.15) is 0 Å². The summed E-state index contributed by atoms with van der Waals surface area (Å²) in [5.41, 5.74) is 1.14. The summed E-state index contributed by atoms with van der Waals surface area (Å²) in [5.74, 6) is 0.160. The number of hydrogen-bond donors (Lipinski definition) is 1. The van der Waals surface area contributed by atoms with Crippen LogP contribution in [0.4, 0.5) is 0 Å². The molecule has 0 bridgehead atoms. The first kappa shape index (κ1) is 12.2. The molecule has 0 saturated carbocycles. The van der Waals surface area contributed by atoms with Gasteiger partial charge in [0.05, 0.1) is 0 Å². The second kappa shape index (κ2) is 4.67. The number of halogens is 1. The van der Waals surface area contributed by atoms with E-state index in [9.17, 15) is 4.79 Å². The lowest BCUT2D eigenvalue weighted by Gasteiger charge is -2.52. The monoisotopic (exact) mass is 308 g/mol. The lowest BCUT2D eigenvalue weighted by atomic mass is 9.74. The van der Waals surface area contributed by atoms with E-state index in [1.165, 1.54) is 12.8 Å². The van der Waals surface area contributed by atoms with Gasteiger partial charge in [-0.1, -0.05) is 22.0 Å². The maximum atomic E-state index is 12.3. The highest BCUT2D eigenvalue weighted by atomic mass is 79.9. The largest absolute Gasteiger partial charge is 0.337 e. The highest BCUT2D eigenvalue weighted by Crippen LogP contribution is 2.37. The number of rotatable bonds is 1. The topological polar surface area (TPSA) is 32.3 Å². The number of carbonyl (C=O) groups is 1. The van der Waals surface area contributed by atoms with E-state index in [0.29, 0.717) is 5.41 Å². The Kier molecular flexibility index (Phi) is 3.16. The smallest absolute Gasteiger partial charge is 0.253 e. The third-order valence-corrected chi connectivity index (χ3v) is 4.47. The Morgan fingerprint density at radius 3 is 2.89 bits per heavy atom. The molecule has 96 valence electrons. The second-order valence-electron chi connectivity index (χ2n) is 5.45. The molecule has 0 aliphatic carbocycles. The van der Waals surface area contributed by atoms with Gasteiger partial charge in [-0.25, -0.2) is 0 Å². The van der Waals surface area contributed by atoms with Gasteiger partial charge in [-0.2, -0.15) is 0 Å². The van der Waals surface area contributed by atoms with E-state index in [2.05, 4.69) is 21.2 Å². The van der Waals surface area contributed by atoms with Gasteiger partial charge < -0.3 is 10.2 Å². The standard InChI is InChI=1S/C14H17BrN2O/c15-12-4-1-3-11(7-12)13(18)17-9-14(10-17)5-2-6-16-8-14/h1,3-4,7,16H,2,5-6,8-10H2. The van der Waals surface area contributed by atoms with Crippen molar-refractivity contribution < 1.29 is 4.79 Å². The number of amides is 1. The maximum Gasteiger partial charge on any atom is 0.253 e. The van der Waals surface area contributed by atoms with Gasteiger partial charge in [0, 0.05) is 35.1 Å². The normalized spacial score (nSPS) is 21.7. The van der Waals surface area contributed by atoms with Gasteiger partial charge in [0.2, 0.25) is 0 Å². The lowest BCUT2D eigenvalue weighted by molar-refractivity contribution is -0.00722. The van der Waals surface area contributed by atoms with Crippen molar-refractivity contribution in [2.24, 2.45) is 5.41 Å². The van der Waals surface area contributed by atoms with Crippen molar-refractivity contribution in [3.63, 3.8) is 0 Å². The number of piperidine rings is 1. The summed E-state index contributed by atoms with van der Waals surface area (Å²) in [7, 11) is 0. The first-order valence-electron chi connectivity index (χ1n) is 6.44. The molecule has 2 aliphatic rings. The number of nitrogens with zero attached hydrogens (tertiary/aromatic N) is 1. The minimum absolute atomic E-state index is 0.160. The molecule has 1 aromatic rings. The molecule has 0 aromatic heterocycles. The highest BCUT2D eigenvalue weighted by Gasteiger charge is 2.45. The van der Waals surface area contributed by atoms with E-state index in [4.69, 9.17) is 0 Å². The van der Waals surface area contributed by atoms with Crippen LogP contribution in [0.5, 0.6) is 0 Å². The van der Waals surface area contributed by atoms with Crippen LogP contribution in [0.15, 0.2) is 28.7 Å². The molecule has 0 radical (unpaired) electrons. The number of hydrogen-bond acceptors (Lipinski definition) is 2. The van der Waals surface area contributed by atoms with E-state index in [0.717, 1.165) is 36.2 Å². The van der Waals surface area contributed by atoms with Crippen LogP contribution < -0.4 is 5.32 Å². The molecular formula is C14H17BrN2O. The minimum atomic E-state index is 0.160. The molecule has 2 aliphatic heterocycles. The molecular weight excluding hydrogens is 292 g/mol. The number of benzene rings is 1. The zero-order valence-corrected chi connectivity index (χ0v) is 11.9. The average Bonchev–Trinajstić information content (AvgIpc) is 2.36. The Bertz CT molecular complexity index is 461. The van der Waals surface area contributed by atoms with E-state index in [1.54, 1.807) is 0 Å². The first-order valence-corrected chi connectivity index (χ1v) is 7.23. The van der Waals surface area contributed by atoms with Gasteiger partial charge in [-0.3, -0.25) is 4.79 Å². The van der Waals surface area contributed by atoms with Gasteiger partial charge in [0.25, 0.3) is 5.91 Å². The molecule has 3 nitrogen and oxygen atoms in total. The van der Waals surface area contributed by atoms with Gasteiger partial charge >= 0.3 is 0 Å². The second-order valence-corrected chi connectivity index (χ2v) is 6.37. The molecule has 1 aromatic carbocycles. The number of carbonyl (C=O) groups excluding carboxylic acids is 1. The van der Waals surface area contributed by atoms with Gasteiger partial charge in [0.15, 0.2) is 0 Å². The number of likely N-dealkylation sites (tertiary alicyclic amines) is 1. The van der Waals surface area contributed by atoms with Crippen molar-refractivity contribution in [2.45, 2.75) is 12.8 Å². The van der Waals surface area contributed by atoms with Crippen LogP contribution >= 0.6 is 15.9 Å². The van der Waals surface area contributed by atoms with Crippen LogP contribution in [-0.2, 0) is 0 Å². The summed E-state index contributed by atoms with van der Waals surface area (Å²) < 4.78 is 0.961. The summed E-state index contributed by atoms with van der Waals surface area (Å²) in [6.45, 7) is 4.01. The third-order valence-electron chi connectivity index (χ3n) is 3.97. The fourth-order valence-corrected chi connectivity index (χ4v) is 3.41. The SMILES string of the molecule is O=C(c1cccc(Br)c1)N1CC2(CCCNC2)C1. The highest BCUT2D eigenvalue weighted by molar-refractivity contribution is 9.10. The van der Waals surface area contributed by atoms with Gasteiger partial charge in [-0.05, 0) is 37.6 Å². The predicted molar refractivity (Wildman–Crippen MR) is 74.6 cm³/mol. The van der Waals surface area contributed by atoms with Gasteiger partial charge in [-0.15, -0.1) is 0 Å². The molecule has 18 heavy (non-hydrogen) atoms. The van der Waals surface area contributed by atoms with Crippen LogP contribution in [0.25, 0.3) is 0 Å². The zero-order valence-electron chi connectivity index (χ0n) is 10.3. The quantitative estimate of drug-likeness (QED) is 0.863. The zero-order chi connectivity index (χ0) is 12.6. The minimum Gasteiger partial charge on any atom is -0.337 e. The van der Waals surface area contributed by atoms with Crippen molar-refractivity contribution in [2.75, 3.05) is 26.2 Å². The molecule has 2 heterocycles. The Balaban J connectivity index is 1.66. The molecule has 4 heteroatoms. The van der Waals surface area contributed by atoms with Crippen molar-refractivity contribution in [1.29, 1.82) is 0 Å². The summed E-state index contributed by atoms with van der Waals surface area (Å²) >= 11 is 3.41. The summed E-state index contributed by atoms with van der Waals surface area (Å²) in [5, 5.41) is 3.44. The molecule has 1 N–H and O–H groups in total. The Hall–Kier alpha value is -0.870. The molecule has 0 atom stereocenters. The number of nitrogens with one attached hydrogen (secondary N) is 1. The molecule has 2 saturated heterocycles. The maximum absolute atomic E-state index is 12.3. The molecule has 2 fully saturated rings. The molecule has 3 rings (SSSR count). The average molecular weight is 309 g/mol. The molecule has 0 unspecified atom stereocenters. The van der Waals surface area contributed by atoms with Crippen molar-refractivity contribution in [3.05, 3.63) is 34.3 Å². The van der Waals surface area contributed by atoms with Crippen molar-refractivity contribution in [3.8, 4) is 0 Å². The van der Waals surface area contributed by atoms with E-state index < -0.39 is 0 Å². The van der Waals surface area contributed by atoms with Crippen LogP contribution in [-0.4, -0.2) is 37.0 Å². The summed E-state index contributed by atoms with van der Waals surface area (Å²) in [6.07, 6.45) is 2.49. The van der Waals surface area contributed by atoms with Crippen LogP contribution in [0.1, 0.15) is 23.2 Å². The third kappa shape index (κ3) is 2.19. The van der Waals surface area contributed by atoms with Crippen LogP contribution in [0.2, 0.25) is 0 Å². The Morgan fingerprint density at radius 2 is 2.22 bits per heavy atom.